The molecule has 0 spiro atoms. The first kappa shape index (κ1) is 14.5. The highest BCUT2D eigenvalue weighted by molar-refractivity contribution is 5.05. The Labute approximate surface area is 131 Å². The molecule has 5 rings (SSSR count). The quantitative estimate of drug-likeness (QED) is 0.738. The second kappa shape index (κ2) is 5.25. The van der Waals surface area contributed by atoms with Crippen LogP contribution in [-0.4, -0.2) is 12.6 Å². The summed E-state index contributed by atoms with van der Waals surface area (Å²) in [5, 5.41) is 4.07. The third kappa shape index (κ3) is 2.48. The molecule has 1 nitrogen and oxygen atoms in total. The predicted molar refractivity (Wildman–Crippen MR) is 89.3 cm³/mol. The van der Waals surface area contributed by atoms with Crippen molar-refractivity contribution in [1.29, 1.82) is 0 Å². The molecule has 5 fully saturated rings. The fourth-order valence-corrected chi connectivity index (χ4v) is 7.07. The molecule has 5 aliphatic carbocycles. The van der Waals surface area contributed by atoms with Crippen molar-refractivity contribution in [2.45, 2.75) is 90.5 Å². The topological polar surface area (TPSA) is 12.0 Å². The summed E-state index contributed by atoms with van der Waals surface area (Å²) in [6.45, 7) is 6.25. The van der Waals surface area contributed by atoms with Gasteiger partial charge in [0.05, 0.1) is 0 Å². The van der Waals surface area contributed by atoms with E-state index < -0.39 is 0 Å². The van der Waals surface area contributed by atoms with Crippen LogP contribution in [0.4, 0.5) is 0 Å². The summed E-state index contributed by atoms with van der Waals surface area (Å²) in [6, 6.07) is 0.759. The maximum absolute atomic E-state index is 4.07. The maximum Gasteiger partial charge on any atom is 0.00957 e. The van der Waals surface area contributed by atoms with Gasteiger partial charge >= 0.3 is 0 Å². The average molecular weight is 290 g/mol. The van der Waals surface area contributed by atoms with Gasteiger partial charge in [0, 0.05) is 12.6 Å². The molecule has 0 amide bonds. The van der Waals surface area contributed by atoms with E-state index in [1.54, 1.807) is 38.5 Å². The third-order valence-electron chi connectivity index (χ3n) is 8.20. The van der Waals surface area contributed by atoms with Crippen molar-refractivity contribution in [1.82, 2.24) is 5.32 Å². The molecule has 0 aliphatic heterocycles. The van der Waals surface area contributed by atoms with Gasteiger partial charge in [-0.2, -0.15) is 0 Å². The molecular weight excluding hydrogens is 254 g/mol. The van der Waals surface area contributed by atoms with Crippen LogP contribution in [0.2, 0.25) is 0 Å². The highest BCUT2D eigenvalue weighted by Crippen LogP contribution is 2.61. The third-order valence-corrected chi connectivity index (χ3v) is 8.20. The first-order chi connectivity index (χ1) is 10.1. The van der Waals surface area contributed by atoms with Crippen LogP contribution in [0.25, 0.3) is 0 Å². The second-order valence-corrected chi connectivity index (χ2v) is 9.44. The normalized spacial score (nSPS) is 45.1. The highest BCUT2D eigenvalue weighted by atomic mass is 14.9. The van der Waals surface area contributed by atoms with Crippen LogP contribution in [0.3, 0.4) is 0 Å². The van der Waals surface area contributed by atoms with Crippen molar-refractivity contribution in [3.05, 3.63) is 0 Å². The molecule has 0 aromatic heterocycles. The summed E-state index contributed by atoms with van der Waals surface area (Å²) in [4.78, 5) is 0. The van der Waals surface area contributed by atoms with Gasteiger partial charge in [0.2, 0.25) is 0 Å². The molecule has 1 unspecified atom stereocenters. The van der Waals surface area contributed by atoms with E-state index >= 15 is 0 Å². The van der Waals surface area contributed by atoms with Crippen molar-refractivity contribution in [3.63, 3.8) is 0 Å². The monoisotopic (exact) mass is 289 g/mol. The lowest BCUT2D eigenvalue weighted by Gasteiger charge is -2.59. The Morgan fingerprint density at radius 2 is 1.48 bits per heavy atom. The SMILES string of the molecule is CCC1(CNC(C)C23CC4CC(CC(C4)C2)C3)CCCC1. The lowest BCUT2D eigenvalue weighted by molar-refractivity contribution is -0.0717. The van der Waals surface area contributed by atoms with Gasteiger partial charge in [0.15, 0.2) is 0 Å². The van der Waals surface area contributed by atoms with Crippen molar-refractivity contribution >= 4 is 0 Å². The standard InChI is InChI=1S/C20H35N/c1-3-19(6-4-5-7-19)14-21-15(2)20-11-16-8-17(12-20)10-18(9-16)13-20/h15-18,21H,3-14H2,1-2H3. The van der Waals surface area contributed by atoms with Gasteiger partial charge < -0.3 is 5.32 Å². The summed E-state index contributed by atoms with van der Waals surface area (Å²) in [7, 11) is 0. The molecule has 5 saturated carbocycles. The average Bonchev–Trinajstić information content (AvgIpc) is 2.93. The molecular formula is C20H35N. The van der Waals surface area contributed by atoms with Crippen LogP contribution >= 0.6 is 0 Å². The molecule has 1 heteroatoms. The van der Waals surface area contributed by atoms with Gasteiger partial charge in [-0.3, -0.25) is 0 Å². The largest absolute Gasteiger partial charge is 0.313 e. The molecule has 120 valence electrons. The van der Waals surface area contributed by atoms with Crippen LogP contribution in [0.5, 0.6) is 0 Å². The van der Waals surface area contributed by atoms with Gasteiger partial charge in [0.25, 0.3) is 0 Å². The number of hydrogen-bond acceptors (Lipinski definition) is 1. The minimum atomic E-state index is 0.649. The zero-order valence-corrected chi connectivity index (χ0v) is 14.3. The van der Waals surface area contributed by atoms with Crippen molar-refractivity contribution < 1.29 is 0 Å². The van der Waals surface area contributed by atoms with Gasteiger partial charge in [-0.15, -0.1) is 0 Å². The Balaban J connectivity index is 1.42. The van der Waals surface area contributed by atoms with E-state index in [2.05, 4.69) is 19.2 Å². The Bertz CT molecular complexity index is 344. The molecule has 0 aromatic rings. The first-order valence-corrected chi connectivity index (χ1v) is 9.86. The maximum atomic E-state index is 4.07. The van der Waals surface area contributed by atoms with E-state index in [-0.39, 0.29) is 0 Å². The van der Waals surface area contributed by atoms with Crippen LogP contribution in [0.15, 0.2) is 0 Å². The zero-order valence-electron chi connectivity index (χ0n) is 14.3. The molecule has 21 heavy (non-hydrogen) atoms. The lowest BCUT2D eigenvalue weighted by atomic mass is 9.48. The van der Waals surface area contributed by atoms with Gasteiger partial charge in [0.1, 0.15) is 0 Å². The summed E-state index contributed by atoms with van der Waals surface area (Å²) < 4.78 is 0. The van der Waals surface area contributed by atoms with E-state index in [1.165, 1.54) is 38.6 Å². The van der Waals surface area contributed by atoms with E-state index in [4.69, 9.17) is 0 Å². The van der Waals surface area contributed by atoms with Crippen LogP contribution in [-0.2, 0) is 0 Å². The minimum Gasteiger partial charge on any atom is -0.313 e. The molecule has 1 atom stereocenters. The van der Waals surface area contributed by atoms with Crippen molar-refractivity contribution in [2.75, 3.05) is 6.54 Å². The smallest absolute Gasteiger partial charge is 0.00957 e. The second-order valence-electron chi connectivity index (χ2n) is 9.44. The van der Waals surface area contributed by atoms with E-state index in [0.29, 0.717) is 10.8 Å². The Hall–Kier alpha value is -0.0400. The fourth-order valence-electron chi connectivity index (χ4n) is 7.07. The predicted octanol–water partition coefficient (Wildman–Crippen LogP) is 5.15. The molecule has 5 aliphatic rings. The molecule has 0 aromatic carbocycles. The molecule has 0 saturated heterocycles. The lowest BCUT2D eigenvalue weighted by Crippen LogP contribution is -2.56. The molecule has 1 N–H and O–H groups in total. The summed E-state index contributed by atoms with van der Waals surface area (Å²) in [6.07, 6.45) is 16.6. The van der Waals surface area contributed by atoms with Crippen LogP contribution < -0.4 is 5.32 Å². The zero-order chi connectivity index (χ0) is 14.5. The van der Waals surface area contributed by atoms with Crippen molar-refractivity contribution in [3.8, 4) is 0 Å². The number of nitrogens with one attached hydrogen (secondary N) is 1. The number of rotatable bonds is 5. The highest BCUT2D eigenvalue weighted by Gasteiger charge is 2.53. The van der Waals surface area contributed by atoms with Crippen LogP contribution in [0, 0.1) is 28.6 Å². The molecule has 0 radical (unpaired) electrons. The Morgan fingerprint density at radius 3 is 1.95 bits per heavy atom. The molecule has 0 heterocycles. The molecule has 4 bridgehead atoms. The van der Waals surface area contributed by atoms with E-state index in [1.807, 2.05) is 0 Å². The van der Waals surface area contributed by atoms with Gasteiger partial charge in [-0.1, -0.05) is 19.8 Å². The Kier molecular flexibility index (Phi) is 3.64. The minimum absolute atomic E-state index is 0.649. The Morgan fingerprint density at radius 1 is 0.952 bits per heavy atom. The number of hydrogen-bond donors (Lipinski definition) is 1. The van der Waals surface area contributed by atoms with Crippen molar-refractivity contribution in [2.24, 2.45) is 28.6 Å². The fraction of sp³-hybridized carbons (Fsp3) is 1.00. The van der Waals surface area contributed by atoms with E-state index in [9.17, 15) is 0 Å². The van der Waals surface area contributed by atoms with Gasteiger partial charge in [-0.05, 0) is 93.3 Å². The summed E-state index contributed by atoms with van der Waals surface area (Å²) in [5.74, 6) is 3.27. The summed E-state index contributed by atoms with van der Waals surface area (Å²) in [5.41, 5.74) is 1.33. The van der Waals surface area contributed by atoms with Crippen LogP contribution in [0.1, 0.15) is 84.5 Å². The van der Waals surface area contributed by atoms with Gasteiger partial charge in [-0.25, -0.2) is 0 Å². The summed E-state index contributed by atoms with van der Waals surface area (Å²) >= 11 is 0. The van der Waals surface area contributed by atoms with E-state index in [0.717, 1.165) is 23.8 Å². The first-order valence-electron chi connectivity index (χ1n) is 9.86.